The zero-order valence-corrected chi connectivity index (χ0v) is 12.0. The average Bonchev–Trinajstić information content (AvgIpc) is 2.75. The summed E-state index contributed by atoms with van der Waals surface area (Å²) >= 11 is 1.39. The van der Waals surface area contributed by atoms with Gasteiger partial charge >= 0.3 is 0 Å². The number of nitrogens with zero attached hydrogens (tertiary/aromatic N) is 1. The van der Waals surface area contributed by atoms with E-state index in [0.717, 1.165) is 11.1 Å². The van der Waals surface area contributed by atoms with Gasteiger partial charge in [0.15, 0.2) is 14.9 Å². The second-order valence-electron chi connectivity index (χ2n) is 4.02. The van der Waals surface area contributed by atoms with Crippen molar-refractivity contribution >= 4 is 32.8 Å². The fourth-order valence-electron chi connectivity index (χ4n) is 1.42. The van der Waals surface area contributed by atoms with E-state index in [1.54, 1.807) is 6.07 Å². The summed E-state index contributed by atoms with van der Waals surface area (Å²) in [6.45, 7) is 1.92. The van der Waals surface area contributed by atoms with E-state index in [1.165, 1.54) is 29.7 Å². The largest absolute Gasteiger partial charge is 0.320 e. The van der Waals surface area contributed by atoms with Crippen LogP contribution < -0.4 is 5.32 Å². The van der Waals surface area contributed by atoms with E-state index < -0.39 is 9.84 Å². The number of carbonyl (C=O) groups excluding carboxylic acids is 1. The number of carbonyl (C=O) groups is 1. The summed E-state index contributed by atoms with van der Waals surface area (Å²) in [7, 11) is -3.32. The van der Waals surface area contributed by atoms with Crippen LogP contribution in [-0.4, -0.2) is 25.6 Å². The summed E-state index contributed by atoms with van der Waals surface area (Å²) in [5.41, 5.74) is 0.462. The molecule has 0 saturated carbocycles. The lowest BCUT2D eigenvalue weighted by molar-refractivity contribution is 0.103. The van der Waals surface area contributed by atoms with Gasteiger partial charge < -0.3 is 5.32 Å². The summed E-state index contributed by atoms with van der Waals surface area (Å²) in [5, 5.41) is 2.65. The first-order valence-corrected chi connectivity index (χ1v) is 8.11. The van der Waals surface area contributed by atoms with Crippen LogP contribution in [0.3, 0.4) is 0 Å². The second-order valence-corrected chi connectivity index (χ2v) is 7.27. The van der Waals surface area contributed by atoms with Gasteiger partial charge in [-0.25, -0.2) is 13.4 Å². The van der Waals surface area contributed by atoms with Crippen molar-refractivity contribution in [3.63, 3.8) is 0 Å². The third kappa shape index (κ3) is 3.39. The molecule has 0 unspecified atom stereocenters. The van der Waals surface area contributed by atoms with Crippen molar-refractivity contribution in [3.8, 4) is 0 Å². The molecule has 1 N–H and O–H groups in total. The number of rotatable bonds is 3. The maximum Gasteiger partial charge on any atom is 0.265 e. The highest BCUT2D eigenvalue weighted by molar-refractivity contribution is 7.90. The highest BCUT2D eigenvalue weighted by Crippen LogP contribution is 2.17. The lowest BCUT2D eigenvalue weighted by atomic mass is 10.4. The fraction of sp³-hybridized carbons (Fsp3) is 0.167. The van der Waals surface area contributed by atoms with Gasteiger partial charge in [0.1, 0.15) is 0 Å². The SMILES string of the molecule is Cc1ccc(C(=O)Nc2ccc(S(C)(=O)=O)nc2)s1. The number of nitrogens with one attached hydrogen (secondary N) is 1. The van der Waals surface area contributed by atoms with Crippen LogP contribution in [0, 0.1) is 6.92 Å². The standard InChI is InChI=1S/C12H12N2O3S2/c1-8-3-5-10(18-8)12(15)14-9-4-6-11(13-7-9)19(2,16)17/h3-7H,1-2H3,(H,14,15). The molecule has 0 aliphatic heterocycles. The average molecular weight is 296 g/mol. The van der Waals surface area contributed by atoms with Crippen molar-refractivity contribution in [2.24, 2.45) is 0 Å². The summed E-state index contributed by atoms with van der Waals surface area (Å²) in [6.07, 6.45) is 2.41. The van der Waals surface area contributed by atoms with Crippen LogP contribution in [-0.2, 0) is 9.84 Å². The van der Waals surface area contributed by atoms with Crippen LogP contribution in [0.25, 0.3) is 0 Å². The molecule has 100 valence electrons. The monoisotopic (exact) mass is 296 g/mol. The van der Waals surface area contributed by atoms with Gasteiger partial charge in [-0.2, -0.15) is 0 Å². The van der Waals surface area contributed by atoms with Crippen LogP contribution in [0.4, 0.5) is 5.69 Å². The number of aryl methyl sites for hydroxylation is 1. The minimum atomic E-state index is -3.32. The van der Waals surface area contributed by atoms with Gasteiger partial charge in [-0.3, -0.25) is 4.79 Å². The molecule has 2 aromatic heterocycles. The lowest BCUT2D eigenvalue weighted by Crippen LogP contribution is -2.10. The number of aromatic nitrogens is 1. The summed E-state index contributed by atoms with van der Waals surface area (Å²) in [6, 6.07) is 6.49. The number of hydrogen-bond acceptors (Lipinski definition) is 5. The van der Waals surface area contributed by atoms with Crippen molar-refractivity contribution in [1.29, 1.82) is 0 Å². The van der Waals surface area contributed by atoms with E-state index >= 15 is 0 Å². The molecule has 0 spiro atoms. The Bertz CT molecular complexity index is 703. The first kappa shape index (κ1) is 13.7. The number of amides is 1. The molecule has 0 fully saturated rings. The fourth-order valence-corrected chi connectivity index (χ4v) is 2.75. The molecule has 1 amide bonds. The van der Waals surface area contributed by atoms with E-state index in [2.05, 4.69) is 10.3 Å². The Balaban J connectivity index is 2.14. The second kappa shape index (κ2) is 5.10. The number of hydrogen-bond donors (Lipinski definition) is 1. The molecular weight excluding hydrogens is 284 g/mol. The summed E-state index contributed by atoms with van der Waals surface area (Å²) < 4.78 is 22.5. The predicted molar refractivity (Wildman–Crippen MR) is 74.4 cm³/mol. The van der Waals surface area contributed by atoms with Crippen LogP contribution in [0.15, 0.2) is 35.5 Å². The zero-order chi connectivity index (χ0) is 14.0. The molecule has 7 heteroatoms. The number of anilines is 1. The topological polar surface area (TPSA) is 76.1 Å². The van der Waals surface area contributed by atoms with Crippen molar-refractivity contribution in [2.75, 3.05) is 11.6 Å². The van der Waals surface area contributed by atoms with Gasteiger partial charge in [0.2, 0.25) is 0 Å². The number of thiophene rings is 1. The quantitative estimate of drug-likeness (QED) is 0.941. The van der Waals surface area contributed by atoms with Crippen molar-refractivity contribution < 1.29 is 13.2 Å². The summed E-state index contributed by atoms with van der Waals surface area (Å²) in [5.74, 6) is -0.230. The molecule has 2 rings (SSSR count). The van der Waals surface area contributed by atoms with Crippen LogP contribution >= 0.6 is 11.3 Å². The molecule has 5 nitrogen and oxygen atoms in total. The maximum atomic E-state index is 11.9. The highest BCUT2D eigenvalue weighted by atomic mass is 32.2. The molecule has 0 atom stereocenters. The van der Waals surface area contributed by atoms with Crippen LogP contribution in [0.1, 0.15) is 14.5 Å². The minimum Gasteiger partial charge on any atom is -0.320 e. The maximum absolute atomic E-state index is 11.9. The lowest BCUT2D eigenvalue weighted by Gasteiger charge is -2.03. The smallest absolute Gasteiger partial charge is 0.265 e. The molecule has 0 saturated heterocycles. The Morgan fingerprint density at radius 1 is 1.26 bits per heavy atom. The van der Waals surface area contributed by atoms with Crippen molar-refractivity contribution in [2.45, 2.75) is 11.9 Å². The van der Waals surface area contributed by atoms with E-state index in [1.807, 2.05) is 13.0 Å². The molecule has 0 aliphatic rings. The van der Waals surface area contributed by atoms with Gasteiger partial charge in [0.05, 0.1) is 16.8 Å². The van der Waals surface area contributed by atoms with Crippen LogP contribution in [0.2, 0.25) is 0 Å². The minimum absolute atomic E-state index is 0.0162. The molecule has 0 aliphatic carbocycles. The molecule has 0 aromatic carbocycles. The third-order valence-electron chi connectivity index (χ3n) is 2.34. The molecule has 2 aromatic rings. The van der Waals surface area contributed by atoms with Crippen molar-refractivity contribution in [1.82, 2.24) is 4.98 Å². The number of sulfone groups is 1. The highest BCUT2D eigenvalue weighted by Gasteiger charge is 2.11. The first-order valence-electron chi connectivity index (χ1n) is 5.40. The summed E-state index contributed by atoms with van der Waals surface area (Å²) in [4.78, 5) is 17.3. The number of pyridine rings is 1. The molecular formula is C12H12N2O3S2. The Morgan fingerprint density at radius 3 is 2.47 bits per heavy atom. The van der Waals surface area contributed by atoms with Gasteiger partial charge in [-0.15, -0.1) is 11.3 Å². The van der Waals surface area contributed by atoms with Gasteiger partial charge in [0, 0.05) is 11.1 Å². The molecule has 0 bridgehead atoms. The zero-order valence-electron chi connectivity index (χ0n) is 10.4. The predicted octanol–water partition coefficient (Wildman–Crippen LogP) is 2.11. The normalized spacial score (nSPS) is 11.3. The van der Waals surface area contributed by atoms with Crippen LogP contribution in [0.5, 0.6) is 0 Å². The molecule has 0 radical (unpaired) electrons. The van der Waals surface area contributed by atoms with E-state index in [0.29, 0.717) is 10.6 Å². The van der Waals surface area contributed by atoms with E-state index in [-0.39, 0.29) is 10.9 Å². The Labute approximate surface area is 115 Å². The Morgan fingerprint density at radius 2 is 2.00 bits per heavy atom. The third-order valence-corrected chi connectivity index (χ3v) is 4.34. The van der Waals surface area contributed by atoms with Gasteiger partial charge in [-0.1, -0.05) is 0 Å². The van der Waals surface area contributed by atoms with E-state index in [9.17, 15) is 13.2 Å². The first-order chi connectivity index (χ1) is 8.86. The van der Waals surface area contributed by atoms with E-state index in [4.69, 9.17) is 0 Å². The Hall–Kier alpha value is -1.73. The molecule has 2 heterocycles. The van der Waals surface area contributed by atoms with Gasteiger partial charge in [0.25, 0.3) is 5.91 Å². The van der Waals surface area contributed by atoms with Crippen molar-refractivity contribution in [3.05, 3.63) is 40.2 Å². The Kier molecular flexibility index (Phi) is 3.68. The van der Waals surface area contributed by atoms with Gasteiger partial charge in [-0.05, 0) is 31.2 Å². The molecule has 19 heavy (non-hydrogen) atoms.